The first kappa shape index (κ1) is 19.9. The molecular formula is C21H22N2O4S. The van der Waals surface area contributed by atoms with E-state index in [-0.39, 0.29) is 5.97 Å². The van der Waals surface area contributed by atoms with Crippen molar-refractivity contribution in [3.05, 3.63) is 65.8 Å². The minimum atomic E-state index is -0.217. The number of nitrogens with zero attached hydrogens (tertiary/aromatic N) is 2. The van der Waals surface area contributed by atoms with Crippen LogP contribution < -0.4 is 4.74 Å². The van der Waals surface area contributed by atoms with Crippen LogP contribution in [0, 0.1) is 6.92 Å². The maximum absolute atomic E-state index is 11.2. The standard InChI is InChI=1S/C21H22N2O4S/c1-15-19(23-21(27-15)17-6-4-9-22-12-17)8-10-26-18-7-3-5-16(11-18)13-28-14-20(24)25-2/h3-7,9,11-12H,8,10,13-14H2,1-2H3. The van der Waals surface area contributed by atoms with E-state index in [0.717, 1.165) is 34.1 Å². The van der Waals surface area contributed by atoms with E-state index >= 15 is 0 Å². The van der Waals surface area contributed by atoms with Gasteiger partial charge in [-0.2, -0.15) is 0 Å². The van der Waals surface area contributed by atoms with Crippen LogP contribution in [0.3, 0.4) is 0 Å². The molecule has 146 valence electrons. The summed E-state index contributed by atoms with van der Waals surface area (Å²) in [7, 11) is 1.40. The van der Waals surface area contributed by atoms with Gasteiger partial charge in [-0.3, -0.25) is 9.78 Å². The molecule has 0 unspecified atom stereocenters. The summed E-state index contributed by atoms with van der Waals surface area (Å²) >= 11 is 1.51. The molecule has 7 heteroatoms. The number of methoxy groups -OCH3 is 1. The molecule has 6 nitrogen and oxygen atoms in total. The molecule has 0 aliphatic heterocycles. The maximum atomic E-state index is 11.2. The van der Waals surface area contributed by atoms with Gasteiger partial charge in [0.2, 0.25) is 5.89 Å². The molecule has 2 heterocycles. The Morgan fingerprint density at radius 2 is 2.14 bits per heavy atom. The topological polar surface area (TPSA) is 74.5 Å². The van der Waals surface area contributed by atoms with E-state index < -0.39 is 0 Å². The molecule has 1 aromatic carbocycles. The summed E-state index contributed by atoms with van der Waals surface area (Å²) in [5.41, 5.74) is 2.83. The van der Waals surface area contributed by atoms with Gasteiger partial charge in [0.15, 0.2) is 0 Å². The summed E-state index contributed by atoms with van der Waals surface area (Å²) in [6, 6.07) is 11.6. The number of ether oxygens (including phenoxy) is 2. The van der Waals surface area contributed by atoms with Gasteiger partial charge in [-0.25, -0.2) is 4.98 Å². The number of aryl methyl sites for hydroxylation is 1. The lowest BCUT2D eigenvalue weighted by atomic mass is 10.2. The molecule has 0 spiro atoms. The Balaban J connectivity index is 1.52. The molecule has 0 radical (unpaired) electrons. The van der Waals surface area contributed by atoms with Gasteiger partial charge in [-0.1, -0.05) is 12.1 Å². The summed E-state index contributed by atoms with van der Waals surface area (Å²) in [5.74, 6) is 3.01. The smallest absolute Gasteiger partial charge is 0.315 e. The van der Waals surface area contributed by atoms with Crippen molar-refractivity contribution in [3.8, 4) is 17.2 Å². The number of rotatable bonds is 9. The zero-order valence-electron chi connectivity index (χ0n) is 15.9. The molecule has 2 aromatic heterocycles. The molecule has 0 aliphatic rings. The first-order valence-corrected chi connectivity index (χ1v) is 10.0. The minimum absolute atomic E-state index is 0.217. The largest absolute Gasteiger partial charge is 0.493 e. The average molecular weight is 398 g/mol. The Kier molecular flexibility index (Phi) is 7.08. The van der Waals surface area contributed by atoms with Gasteiger partial charge in [-0.15, -0.1) is 11.8 Å². The molecule has 28 heavy (non-hydrogen) atoms. The summed E-state index contributed by atoms with van der Waals surface area (Å²) in [4.78, 5) is 19.8. The number of carbonyl (C=O) groups excluding carboxylic acids is 1. The third-order valence-corrected chi connectivity index (χ3v) is 5.00. The fraction of sp³-hybridized carbons (Fsp3) is 0.286. The van der Waals surface area contributed by atoms with Gasteiger partial charge >= 0.3 is 5.97 Å². The predicted molar refractivity (Wildman–Crippen MR) is 108 cm³/mol. The number of hydrogen-bond acceptors (Lipinski definition) is 7. The Hall–Kier alpha value is -2.80. The van der Waals surface area contributed by atoms with Crippen LogP contribution >= 0.6 is 11.8 Å². The molecule has 0 saturated carbocycles. The van der Waals surface area contributed by atoms with Gasteiger partial charge in [0.05, 0.1) is 30.7 Å². The van der Waals surface area contributed by atoms with E-state index in [1.165, 1.54) is 18.9 Å². The molecular weight excluding hydrogens is 376 g/mol. The number of carbonyl (C=O) groups is 1. The zero-order valence-corrected chi connectivity index (χ0v) is 16.7. The van der Waals surface area contributed by atoms with Crippen LogP contribution in [-0.4, -0.2) is 35.4 Å². The lowest BCUT2D eigenvalue weighted by Crippen LogP contribution is -2.04. The van der Waals surface area contributed by atoms with Gasteiger partial charge in [0, 0.05) is 24.6 Å². The zero-order chi connectivity index (χ0) is 19.8. The number of aromatic nitrogens is 2. The van der Waals surface area contributed by atoms with Crippen molar-refractivity contribution >= 4 is 17.7 Å². The van der Waals surface area contributed by atoms with Crippen molar-refractivity contribution in [3.63, 3.8) is 0 Å². The van der Waals surface area contributed by atoms with Crippen LogP contribution in [0.15, 0.2) is 53.2 Å². The molecule has 0 aliphatic carbocycles. The molecule has 0 amide bonds. The van der Waals surface area contributed by atoms with Gasteiger partial charge in [0.25, 0.3) is 0 Å². The lowest BCUT2D eigenvalue weighted by Gasteiger charge is -2.07. The van der Waals surface area contributed by atoms with E-state index in [1.807, 2.05) is 43.3 Å². The first-order chi connectivity index (χ1) is 13.7. The van der Waals surface area contributed by atoms with Crippen LogP contribution in [0.5, 0.6) is 5.75 Å². The summed E-state index contributed by atoms with van der Waals surface area (Å²) in [6.45, 7) is 2.40. The van der Waals surface area contributed by atoms with Crippen molar-refractivity contribution in [2.45, 2.75) is 19.1 Å². The number of pyridine rings is 1. The summed E-state index contributed by atoms with van der Waals surface area (Å²) in [5, 5.41) is 0. The maximum Gasteiger partial charge on any atom is 0.315 e. The Labute approximate surface area is 168 Å². The number of esters is 1. The average Bonchev–Trinajstić information content (AvgIpc) is 3.09. The summed E-state index contributed by atoms with van der Waals surface area (Å²) < 4.78 is 16.3. The molecule has 3 rings (SSSR count). The fourth-order valence-electron chi connectivity index (χ4n) is 2.57. The van der Waals surface area contributed by atoms with Crippen molar-refractivity contribution in [2.24, 2.45) is 0 Å². The van der Waals surface area contributed by atoms with Gasteiger partial charge in [-0.05, 0) is 36.8 Å². The highest BCUT2D eigenvalue weighted by Crippen LogP contribution is 2.22. The quantitative estimate of drug-likeness (QED) is 0.503. The second-order valence-corrected chi connectivity index (χ2v) is 7.06. The highest BCUT2D eigenvalue weighted by molar-refractivity contribution is 7.99. The first-order valence-electron chi connectivity index (χ1n) is 8.88. The minimum Gasteiger partial charge on any atom is -0.493 e. The number of hydrogen-bond donors (Lipinski definition) is 0. The number of oxazole rings is 1. The van der Waals surface area contributed by atoms with E-state index in [4.69, 9.17) is 9.15 Å². The van der Waals surface area contributed by atoms with Crippen LogP contribution in [0.25, 0.3) is 11.5 Å². The monoisotopic (exact) mass is 398 g/mol. The van der Waals surface area contributed by atoms with E-state index in [9.17, 15) is 4.79 Å². The molecule has 0 bridgehead atoms. The molecule has 0 atom stereocenters. The Bertz CT molecular complexity index is 912. The van der Waals surface area contributed by atoms with Gasteiger partial charge in [0.1, 0.15) is 11.5 Å². The fourth-order valence-corrected chi connectivity index (χ4v) is 3.38. The summed E-state index contributed by atoms with van der Waals surface area (Å²) in [6.07, 6.45) is 4.10. The van der Waals surface area contributed by atoms with Crippen molar-refractivity contribution < 1.29 is 18.7 Å². The van der Waals surface area contributed by atoms with E-state index in [1.54, 1.807) is 12.4 Å². The number of thioether (sulfide) groups is 1. The second-order valence-electron chi connectivity index (χ2n) is 6.08. The van der Waals surface area contributed by atoms with Crippen LogP contribution in [0.1, 0.15) is 17.0 Å². The van der Waals surface area contributed by atoms with E-state index in [0.29, 0.717) is 24.7 Å². The van der Waals surface area contributed by atoms with Crippen molar-refractivity contribution in [1.29, 1.82) is 0 Å². The SMILES string of the molecule is COC(=O)CSCc1cccc(OCCc2nc(-c3cccnc3)oc2C)c1. The van der Waals surface area contributed by atoms with E-state index in [2.05, 4.69) is 14.7 Å². The Morgan fingerprint density at radius 1 is 1.25 bits per heavy atom. The lowest BCUT2D eigenvalue weighted by molar-refractivity contribution is -0.137. The van der Waals surface area contributed by atoms with Crippen LogP contribution in [-0.2, 0) is 21.7 Å². The third kappa shape index (κ3) is 5.60. The van der Waals surface area contributed by atoms with Gasteiger partial charge < -0.3 is 13.9 Å². The second kappa shape index (κ2) is 9.94. The van der Waals surface area contributed by atoms with Crippen molar-refractivity contribution in [1.82, 2.24) is 9.97 Å². The predicted octanol–water partition coefficient (Wildman–Crippen LogP) is 4.07. The van der Waals surface area contributed by atoms with Crippen LogP contribution in [0.4, 0.5) is 0 Å². The molecule has 0 saturated heterocycles. The molecule has 3 aromatic rings. The molecule has 0 fully saturated rings. The normalized spacial score (nSPS) is 10.6. The Morgan fingerprint density at radius 3 is 2.93 bits per heavy atom. The van der Waals surface area contributed by atoms with Crippen LogP contribution in [0.2, 0.25) is 0 Å². The van der Waals surface area contributed by atoms with Crippen molar-refractivity contribution in [2.75, 3.05) is 19.5 Å². The third-order valence-electron chi connectivity index (χ3n) is 4.02. The highest BCUT2D eigenvalue weighted by Gasteiger charge is 2.11. The highest BCUT2D eigenvalue weighted by atomic mass is 32.2. The molecule has 0 N–H and O–H groups in total. The number of benzene rings is 1.